The molecule has 0 radical (unpaired) electrons. The van der Waals surface area contributed by atoms with Crippen LogP contribution < -0.4 is 5.32 Å². The van der Waals surface area contributed by atoms with E-state index in [4.69, 9.17) is 0 Å². The largest absolute Gasteiger partial charge is 0.322 e. The van der Waals surface area contributed by atoms with E-state index >= 15 is 0 Å². The van der Waals surface area contributed by atoms with Crippen molar-refractivity contribution in [2.24, 2.45) is 0 Å². The second-order valence-corrected chi connectivity index (χ2v) is 5.27. The maximum absolute atomic E-state index is 13.5. The van der Waals surface area contributed by atoms with E-state index in [2.05, 4.69) is 21.2 Å². The van der Waals surface area contributed by atoms with Crippen LogP contribution in [0.15, 0.2) is 34.8 Å². The van der Waals surface area contributed by atoms with E-state index in [-0.39, 0.29) is 0 Å². The van der Waals surface area contributed by atoms with Crippen LogP contribution in [-0.4, -0.2) is 5.91 Å². The van der Waals surface area contributed by atoms with Gasteiger partial charge in [0.05, 0.1) is 0 Å². The van der Waals surface area contributed by atoms with Crippen LogP contribution in [0.3, 0.4) is 0 Å². The highest BCUT2D eigenvalue weighted by Crippen LogP contribution is 2.25. The number of carbonyl (C=O) groups is 1. The third-order valence-corrected chi connectivity index (χ3v) is 4.13. The van der Waals surface area contributed by atoms with Crippen molar-refractivity contribution in [2.45, 2.75) is 13.8 Å². The first kappa shape index (κ1) is 14.7. The molecule has 0 fully saturated rings. The van der Waals surface area contributed by atoms with Gasteiger partial charge in [-0.25, -0.2) is 8.78 Å². The molecule has 5 heteroatoms. The highest BCUT2D eigenvalue weighted by Gasteiger charge is 2.17. The van der Waals surface area contributed by atoms with Gasteiger partial charge in [-0.15, -0.1) is 0 Å². The Bertz CT molecular complexity index is 642. The average molecular weight is 340 g/mol. The molecule has 1 amide bonds. The van der Waals surface area contributed by atoms with Gasteiger partial charge in [-0.3, -0.25) is 4.79 Å². The van der Waals surface area contributed by atoms with Crippen LogP contribution in [-0.2, 0) is 0 Å². The van der Waals surface area contributed by atoms with Gasteiger partial charge < -0.3 is 5.32 Å². The first-order chi connectivity index (χ1) is 9.40. The lowest BCUT2D eigenvalue weighted by Crippen LogP contribution is -2.16. The van der Waals surface area contributed by atoms with Crippen molar-refractivity contribution in [3.63, 3.8) is 0 Å². The highest BCUT2D eigenvalue weighted by atomic mass is 79.9. The summed E-state index contributed by atoms with van der Waals surface area (Å²) in [5, 5.41) is 2.51. The lowest BCUT2D eigenvalue weighted by Gasteiger charge is -2.10. The van der Waals surface area contributed by atoms with Crippen molar-refractivity contribution in [3.8, 4) is 0 Å². The van der Waals surface area contributed by atoms with Gasteiger partial charge in [0, 0.05) is 10.2 Å². The third kappa shape index (κ3) is 2.88. The number of anilines is 1. The summed E-state index contributed by atoms with van der Waals surface area (Å²) in [6, 6.07) is 6.78. The van der Waals surface area contributed by atoms with Crippen LogP contribution in [0.5, 0.6) is 0 Å². The van der Waals surface area contributed by atoms with Gasteiger partial charge in [0.2, 0.25) is 0 Å². The van der Waals surface area contributed by atoms with Gasteiger partial charge >= 0.3 is 0 Å². The molecule has 0 heterocycles. The number of nitrogens with one attached hydrogen (secondary N) is 1. The summed E-state index contributed by atoms with van der Waals surface area (Å²) in [5.74, 6) is -2.57. The molecular weight excluding hydrogens is 328 g/mol. The first-order valence-electron chi connectivity index (χ1n) is 5.92. The summed E-state index contributed by atoms with van der Waals surface area (Å²) in [6.07, 6.45) is 0. The minimum atomic E-state index is -0.881. The standard InChI is InChI=1S/C15H12BrF2NO/c1-8-6-10(7-9(2)14(8)16)19-15(20)13-11(17)4-3-5-12(13)18/h3-7H,1-2H3,(H,19,20). The molecule has 1 N–H and O–H groups in total. The number of halogens is 3. The molecule has 104 valence electrons. The molecular formula is C15H12BrF2NO. The molecule has 2 aromatic carbocycles. The predicted molar refractivity (Wildman–Crippen MR) is 77.9 cm³/mol. The van der Waals surface area contributed by atoms with E-state index in [0.717, 1.165) is 27.7 Å². The van der Waals surface area contributed by atoms with Gasteiger partial charge in [-0.05, 0) is 49.2 Å². The van der Waals surface area contributed by atoms with Crippen LogP contribution in [0.1, 0.15) is 21.5 Å². The zero-order valence-electron chi connectivity index (χ0n) is 10.9. The number of amides is 1. The molecule has 0 aliphatic rings. The minimum Gasteiger partial charge on any atom is -0.322 e. The molecule has 0 aliphatic heterocycles. The lowest BCUT2D eigenvalue weighted by molar-refractivity contribution is 0.101. The van der Waals surface area contributed by atoms with E-state index in [9.17, 15) is 13.6 Å². The zero-order valence-corrected chi connectivity index (χ0v) is 12.5. The number of carbonyl (C=O) groups excluding carboxylic acids is 1. The summed E-state index contributed by atoms with van der Waals surface area (Å²) in [4.78, 5) is 12.0. The molecule has 0 aliphatic carbocycles. The highest BCUT2D eigenvalue weighted by molar-refractivity contribution is 9.10. The first-order valence-corrected chi connectivity index (χ1v) is 6.71. The van der Waals surface area contributed by atoms with Crippen LogP contribution in [0.4, 0.5) is 14.5 Å². The molecule has 2 aromatic rings. The van der Waals surface area contributed by atoms with Gasteiger partial charge in [0.15, 0.2) is 0 Å². The summed E-state index contributed by atoms with van der Waals surface area (Å²) in [5.41, 5.74) is 1.77. The van der Waals surface area contributed by atoms with Crippen molar-refractivity contribution in [3.05, 3.63) is 63.1 Å². The van der Waals surface area contributed by atoms with Crippen LogP contribution in [0.25, 0.3) is 0 Å². The maximum atomic E-state index is 13.5. The summed E-state index contributed by atoms with van der Waals surface area (Å²) < 4.78 is 28.0. The lowest BCUT2D eigenvalue weighted by atomic mass is 10.1. The Morgan fingerprint density at radius 1 is 1.10 bits per heavy atom. The van der Waals surface area contributed by atoms with Crippen LogP contribution in [0, 0.1) is 25.5 Å². The number of benzene rings is 2. The Labute approximate surface area is 123 Å². The average Bonchev–Trinajstić information content (AvgIpc) is 2.35. The third-order valence-electron chi connectivity index (χ3n) is 2.88. The smallest absolute Gasteiger partial charge is 0.261 e. The van der Waals surface area contributed by atoms with E-state index < -0.39 is 23.1 Å². The van der Waals surface area contributed by atoms with Crippen molar-refractivity contribution in [1.82, 2.24) is 0 Å². The molecule has 0 spiro atoms. The molecule has 0 bridgehead atoms. The van der Waals surface area contributed by atoms with Crippen molar-refractivity contribution in [2.75, 3.05) is 5.32 Å². The van der Waals surface area contributed by atoms with Crippen molar-refractivity contribution < 1.29 is 13.6 Å². The summed E-state index contributed by atoms with van der Waals surface area (Å²) in [6.45, 7) is 3.74. The fraction of sp³-hybridized carbons (Fsp3) is 0.133. The molecule has 0 aromatic heterocycles. The number of rotatable bonds is 2. The van der Waals surface area contributed by atoms with Crippen LogP contribution in [0.2, 0.25) is 0 Å². The Morgan fingerprint density at radius 2 is 1.60 bits per heavy atom. The van der Waals surface area contributed by atoms with Gasteiger partial charge in [-0.2, -0.15) is 0 Å². The van der Waals surface area contributed by atoms with Gasteiger partial charge in [0.25, 0.3) is 5.91 Å². The van der Waals surface area contributed by atoms with Crippen molar-refractivity contribution in [1.29, 1.82) is 0 Å². The Kier molecular flexibility index (Phi) is 4.18. The Hall–Kier alpha value is -1.75. The topological polar surface area (TPSA) is 29.1 Å². The molecule has 0 saturated heterocycles. The quantitative estimate of drug-likeness (QED) is 0.851. The van der Waals surface area contributed by atoms with E-state index in [0.29, 0.717) is 5.69 Å². The van der Waals surface area contributed by atoms with E-state index in [1.807, 2.05) is 13.8 Å². The number of aryl methyl sites for hydroxylation is 2. The maximum Gasteiger partial charge on any atom is 0.261 e. The molecule has 0 saturated carbocycles. The number of hydrogen-bond donors (Lipinski definition) is 1. The number of hydrogen-bond acceptors (Lipinski definition) is 1. The SMILES string of the molecule is Cc1cc(NC(=O)c2c(F)cccc2F)cc(C)c1Br. The summed E-state index contributed by atoms with van der Waals surface area (Å²) >= 11 is 3.41. The monoisotopic (exact) mass is 339 g/mol. The second kappa shape index (κ2) is 5.71. The second-order valence-electron chi connectivity index (χ2n) is 4.47. The molecule has 0 unspecified atom stereocenters. The fourth-order valence-electron chi connectivity index (χ4n) is 1.93. The molecule has 2 nitrogen and oxygen atoms in total. The van der Waals surface area contributed by atoms with Crippen molar-refractivity contribution >= 4 is 27.5 Å². The summed E-state index contributed by atoms with van der Waals surface area (Å²) in [7, 11) is 0. The van der Waals surface area contributed by atoms with Crippen LogP contribution >= 0.6 is 15.9 Å². The van der Waals surface area contributed by atoms with Gasteiger partial charge in [-0.1, -0.05) is 22.0 Å². The van der Waals surface area contributed by atoms with E-state index in [1.54, 1.807) is 12.1 Å². The van der Waals surface area contributed by atoms with Gasteiger partial charge in [0.1, 0.15) is 17.2 Å². The normalized spacial score (nSPS) is 10.4. The minimum absolute atomic E-state index is 0.496. The zero-order chi connectivity index (χ0) is 14.9. The molecule has 0 atom stereocenters. The molecule has 2 rings (SSSR count). The fourth-order valence-corrected chi connectivity index (χ4v) is 2.16. The molecule has 20 heavy (non-hydrogen) atoms. The Morgan fingerprint density at radius 3 is 2.10 bits per heavy atom. The Balaban J connectivity index is 2.33. The predicted octanol–water partition coefficient (Wildman–Crippen LogP) is 4.60. The van der Waals surface area contributed by atoms with E-state index in [1.165, 1.54) is 6.07 Å².